The number of piperidine rings is 2. The maximum atomic E-state index is 6.97. The molecule has 3 saturated heterocycles. The van der Waals surface area contributed by atoms with Gasteiger partial charge in [0.1, 0.15) is 6.10 Å². The summed E-state index contributed by atoms with van der Waals surface area (Å²) in [5.74, 6) is 1.43. The largest absolute Gasteiger partial charge is 0.365 e. The maximum absolute atomic E-state index is 6.97. The fraction of sp³-hybridized carbons (Fsp3) is 0.459. The highest BCUT2D eigenvalue weighted by Crippen LogP contribution is 2.46. The van der Waals surface area contributed by atoms with Gasteiger partial charge in [-0.1, -0.05) is 72.8 Å². The van der Waals surface area contributed by atoms with Crippen molar-refractivity contribution < 1.29 is 4.74 Å². The van der Waals surface area contributed by atoms with Crippen LogP contribution in [0.1, 0.15) is 72.8 Å². The Kier molecular flexibility index (Phi) is 6.74. The van der Waals surface area contributed by atoms with Crippen molar-refractivity contribution in [3.63, 3.8) is 0 Å². The SMILES string of the molecule is CN1C[C@H](CCN2C3CCC2CC(OC(c2ccccc2)c2ccccc2)C3)C[C@@H]2c3cccc4[nH]cc(c34)C[C@H]21. The van der Waals surface area contributed by atoms with Crippen molar-refractivity contribution in [1.29, 1.82) is 0 Å². The molecule has 0 spiro atoms. The minimum Gasteiger partial charge on any atom is -0.365 e. The van der Waals surface area contributed by atoms with E-state index in [0.29, 0.717) is 30.1 Å². The summed E-state index contributed by atoms with van der Waals surface area (Å²) in [7, 11) is 2.38. The monoisotopic (exact) mass is 545 g/mol. The number of nitrogens with zero attached hydrogens (tertiary/aromatic N) is 2. The molecule has 4 heterocycles. The minimum absolute atomic E-state index is 0.0135. The molecular weight excluding hydrogens is 502 g/mol. The lowest BCUT2D eigenvalue weighted by atomic mass is 9.72. The van der Waals surface area contributed by atoms with Gasteiger partial charge in [0.25, 0.3) is 0 Å². The Hall–Kier alpha value is -2.92. The predicted molar refractivity (Wildman–Crippen MR) is 166 cm³/mol. The van der Waals surface area contributed by atoms with E-state index in [9.17, 15) is 0 Å². The van der Waals surface area contributed by atoms with Crippen LogP contribution in [0.15, 0.2) is 85.1 Å². The molecule has 5 atom stereocenters. The van der Waals surface area contributed by atoms with Crippen molar-refractivity contribution in [1.82, 2.24) is 14.8 Å². The van der Waals surface area contributed by atoms with E-state index in [1.165, 1.54) is 85.6 Å². The van der Waals surface area contributed by atoms with Crippen molar-refractivity contribution in [2.75, 3.05) is 20.1 Å². The van der Waals surface area contributed by atoms with Gasteiger partial charge >= 0.3 is 0 Å². The number of nitrogens with one attached hydrogen (secondary N) is 1. The highest BCUT2D eigenvalue weighted by atomic mass is 16.5. The van der Waals surface area contributed by atoms with Crippen molar-refractivity contribution in [3.05, 3.63) is 107 Å². The molecule has 4 nitrogen and oxygen atoms in total. The fourth-order valence-corrected chi connectivity index (χ4v) is 9.09. The number of fused-ring (bicyclic) bond motifs is 4. The van der Waals surface area contributed by atoms with E-state index < -0.39 is 0 Å². The first-order chi connectivity index (χ1) is 20.2. The lowest BCUT2D eigenvalue weighted by Gasteiger charge is -2.46. The highest BCUT2D eigenvalue weighted by molar-refractivity contribution is 5.88. The van der Waals surface area contributed by atoms with Crippen molar-refractivity contribution in [2.24, 2.45) is 5.92 Å². The van der Waals surface area contributed by atoms with Crippen LogP contribution in [-0.2, 0) is 11.2 Å². The normalized spacial score (nSPS) is 29.7. The van der Waals surface area contributed by atoms with Gasteiger partial charge in [0.2, 0.25) is 0 Å². The first kappa shape index (κ1) is 25.8. The van der Waals surface area contributed by atoms with E-state index >= 15 is 0 Å². The van der Waals surface area contributed by atoms with Crippen LogP contribution < -0.4 is 0 Å². The van der Waals surface area contributed by atoms with Gasteiger partial charge in [-0.3, -0.25) is 4.90 Å². The van der Waals surface area contributed by atoms with Crippen LogP contribution in [0.2, 0.25) is 0 Å². The fourth-order valence-electron chi connectivity index (χ4n) is 9.09. The maximum Gasteiger partial charge on any atom is 0.108 e. The van der Waals surface area contributed by atoms with E-state index in [0.717, 1.165) is 5.92 Å². The molecule has 2 bridgehead atoms. The van der Waals surface area contributed by atoms with Crippen molar-refractivity contribution in [3.8, 4) is 0 Å². The van der Waals surface area contributed by atoms with Crippen molar-refractivity contribution >= 4 is 10.9 Å². The van der Waals surface area contributed by atoms with Gasteiger partial charge in [-0.25, -0.2) is 0 Å². The molecule has 1 aliphatic carbocycles. The number of ether oxygens (including phenoxy) is 1. The number of hydrogen-bond donors (Lipinski definition) is 1. The lowest BCUT2D eigenvalue weighted by molar-refractivity contribution is -0.0497. The summed E-state index contributed by atoms with van der Waals surface area (Å²) in [6.45, 7) is 2.49. The quantitative estimate of drug-likeness (QED) is 0.264. The summed E-state index contributed by atoms with van der Waals surface area (Å²) < 4.78 is 6.97. The first-order valence-electron chi connectivity index (χ1n) is 16.0. The number of aromatic amines is 1. The van der Waals surface area contributed by atoms with E-state index in [-0.39, 0.29) is 6.10 Å². The molecular formula is C37H43N3O. The molecule has 0 saturated carbocycles. The molecule has 212 valence electrons. The van der Waals surface area contributed by atoms with Gasteiger partial charge in [0, 0.05) is 47.7 Å². The number of rotatable bonds is 7. The molecule has 41 heavy (non-hydrogen) atoms. The average Bonchev–Trinajstić information content (AvgIpc) is 3.53. The van der Waals surface area contributed by atoms with E-state index in [2.05, 4.69) is 107 Å². The number of benzene rings is 3. The molecule has 2 unspecified atom stereocenters. The lowest BCUT2D eigenvalue weighted by Crippen LogP contribution is -2.49. The highest BCUT2D eigenvalue weighted by Gasteiger charge is 2.43. The van der Waals surface area contributed by atoms with E-state index in [1.807, 2.05) is 0 Å². The zero-order chi connectivity index (χ0) is 27.3. The number of likely N-dealkylation sites (tertiary alicyclic amines) is 1. The molecule has 3 aromatic carbocycles. The Balaban J connectivity index is 0.932. The zero-order valence-electron chi connectivity index (χ0n) is 24.3. The smallest absolute Gasteiger partial charge is 0.108 e. The third-order valence-corrected chi connectivity index (χ3v) is 11.0. The molecule has 0 amide bonds. The first-order valence-corrected chi connectivity index (χ1v) is 16.0. The summed E-state index contributed by atoms with van der Waals surface area (Å²) in [5.41, 5.74) is 6.96. The summed E-state index contributed by atoms with van der Waals surface area (Å²) >= 11 is 0. The van der Waals surface area contributed by atoms with Crippen LogP contribution in [0.5, 0.6) is 0 Å². The van der Waals surface area contributed by atoms with Gasteiger partial charge in [-0.2, -0.15) is 0 Å². The molecule has 3 fully saturated rings. The second-order valence-electron chi connectivity index (χ2n) is 13.3. The predicted octanol–water partition coefficient (Wildman–Crippen LogP) is 7.32. The van der Waals surface area contributed by atoms with Gasteiger partial charge in [-0.05, 0) is 92.8 Å². The Labute approximate surface area is 244 Å². The number of aromatic nitrogens is 1. The van der Waals surface area contributed by atoms with Crippen molar-refractivity contribution in [2.45, 2.75) is 81.2 Å². The van der Waals surface area contributed by atoms with Crippen LogP contribution in [0.25, 0.3) is 10.9 Å². The zero-order valence-corrected chi connectivity index (χ0v) is 24.3. The average molecular weight is 546 g/mol. The van der Waals surface area contributed by atoms with E-state index in [1.54, 1.807) is 5.56 Å². The summed E-state index contributed by atoms with van der Waals surface area (Å²) in [4.78, 5) is 9.12. The summed E-state index contributed by atoms with van der Waals surface area (Å²) in [5, 5.41) is 1.52. The topological polar surface area (TPSA) is 31.5 Å². The number of H-pyrrole nitrogens is 1. The molecule has 1 aromatic heterocycles. The molecule has 4 aromatic rings. The standard InChI is InChI=1S/C37H43N3O/c1-39-24-25(19-33-32-13-8-14-34-36(32)28(23-38-34)20-35(33)39)17-18-40-29-15-16-30(40)22-31(21-29)41-37(26-9-4-2-5-10-26)27-11-6-3-7-12-27/h2-14,23,25,29-31,33,35,37-38H,15-22,24H2,1H3/t25-,29?,30?,31?,33-,35-/m1/s1. The Morgan fingerprint density at radius 2 is 1.56 bits per heavy atom. The number of hydrogen-bond acceptors (Lipinski definition) is 3. The van der Waals surface area contributed by atoms with Gasteiger partial charge in [0.15, 0.2) is 0 Å². The van der Waals surface area contributed by atoms with Gasteiger partial charge in [-0.15, -0.1) is 0 Å². The van der Waals surface area contributed by atoms with E-state index in [4.69, 9.17) is 4.74 Å². The molecule has 3 aliphatic heterocycles. The summed E-state index contributed by atoms with van der Waals surface area (Å²) in [6, 6.07) is 30.5. The van der Waals surface area contributed by atoms with Gasteiger partial charge < -0.3 is 14.6 Å². The Morgan fingerprint density at radius 3 is 2.27 bits per heavy atom. The molecule has 4 aliphatic rings. The Bertz CT molecular complexity index is 1430. The second-order valence-corrected chi connectivity index (χ2v) is 13.3. The number of likely N-dealkylation sites (N-methyl/N-ethyl adjacent to an activating group) is 1. The third-order valence-electron chi connectivity index (χ3n) is 11.0. The minimum atomic E-state index is 0.0135. The van der Waals surface area contributed by atoms with Crippen LogP contribution in [0, 0.1) is 5.92 Å². The van der Waals surface area contributed by atoms with Gasteiger partial charge in [0.05, 0.1) is 6.10 Å². The third kappa shape index (κ3) is 4.74. The molecule has 0 radical (unpaired) electrons. The van der Waals surface area contributed by atoms with Crippen LogP contribution in [0.4, 0.5) is 0 Å². The summed E-state index contributed by atoms with van der Waals surface area (Å²) in [6.07, 6.45) is 11.4. The Morgan fingerprint density at radius 1 is 0.854 bits per heavy atom. The molecule has 8 rings (SSSR count). The molecule has 1 N–H and O–H groups in total. The molecule has 4 heteroatoms. The second kappa shape index (κ2) is 10.7. The van der Waals surface area contributed by atoms with Crippen LogP contribution in [0.3, 0.4) is 0 Å². The van der Waals surface area contributed by atoms with Crippen LogP contribution >= 0.6 is 0 Å². The van der Waals surface area contributed by atoms with Crippen LogP contribution in [-0.4, -0.2) is 59.2 Å².